The molecule has 1 aromatic carbocycles. The molecule has 0 aliphatic rings. The molecule has 0 fully saturated rings. The number of carbonyl (C=O) groups excluding carboxylic acids is 1. The quantitative estimate of drug-likeness (QED) is 0.657. The fourth-order valence-corrected chi connectivity index (χ4v) is 1.86. The monoisotopic (exact) mass is 295 g/mol. The van der Waals surface area contributed by atoms with Gasteiger partial charge >= 0.3 is 6.09 Å². The van der Waals surface area contributed by atoms with Gasteiger partial charge in [-0.05, 0) is 19.4 Å². The Hall–Kier alpha value is -1.59. The molecule has 0 aliphatic heterocycles. The first-order valence-corrected chi connectivity index (χ1v) is 7.32. The lowest BCUT2D eigenvalue weighted by Crippen LogP contribution is -2.28. The van der Waals surface area contributed by atoms with Crippen molar-refractivity contribution in [3.63, 3.8) is 0 Å². The van der Waals surface area contributed by atoms with E-state index < -0.39 is 0 Å². The van der Waals surface area contributed by atoms with Crippen molar-refractivity contribution in [2.75, 3.05) is 26.9 Å². The van der Waals surface area contributed by atoms with Gasteiger partial charge in [-0.1, -0.05) is 30.3 Å². The van der Waals surface area contributed by atoms with E-state index >= 15 is 0 Å². The van der Waals surface area contributed by atoms with E-state index in [4.69, 9.17) is 14.2 Å². The van der Waals surface area contributed by atoms with E-state index in [1.165, 1.54) is 0 Å². The molecule has 0 saturated heterocycles. The van der Waals surface area contributed by atoms with Crippen molar-refractivity contribution in [1.29, 1.82) is 0 Å². The highest BCUT2D eigenvalue weighted by atomic mass is 16.7. The predicted octanol–water partition coefficient (Wildman–Crippen LogP) is 3.04. The molecule has 5 nitrogen and oxygen atoms in total. The zero-order valence-electron chi connectivity index (χ0n) is 13.1. The molecule has 0 radical (unpaired) electrons. The molecule has 1 amide bonds. The van der Waals surface area contributed by atoms with Gasteiger partial charge in [-0.2, -0.15) is 0 Å². The number of hydrogen-bond acceptors (Lipinski definition) is 4. The average molecular weight is 295 g/mol. The molecule has 1 rings (SSSR count). The van der Waals surface area contributed by atoms with Gasteiger partial charge < -0.3 is 19.1 Å². The van der Waals surface area contributed by atoms with Crippen LogP contribution >= 0.6 is 0 Å². The van der Waals surface area contributed by atoms with Crippen LogP contribution in [0.1, 0.15) is 25.8 Å². The summed E-state index contributed by atoms with van der Waals surface area (Å²) >= 11 is 0. The minimum atomic E-state index is -0.342. The standard InChI is InChI=1S/C16H25NO4/c1-4-19-15(20-5-2)11-12-21-16(18)17(3)13-14-9-7-6-8-10-14/h6-10,15H,4-5,11-13H2,1-3H3. The van der Waals surface area contributed by atoms with Crippen LogP contribution in [0.2, 0.25) is 0 Å². The molecule has 5 heteroatoms. The zero-order valence-corrected chi connectivity index (χ0v) is 13.1. The lowest BCUT2D eigenvalue weighted by Gasteiger charge is -2.19. The minimum Gasteiger partial charge on any atom is -0.449 e. The number of ether oxygens (including phenoxy) is 3. The summed E-state index contributed by atoms with van der Waals surface area (Å²) in [5, 5.41) is 0. The van der Waals surface area contributed by atoms with E-state index in [0.29, 0.717) is 26.2 Å². The molecule has 0 bridgehead atoms. The van der Waals surface area contributed by atoms with Crippen molar-refractivity contribution in [1.82, 2.24) is 4.90 Å². The maximum absolute atomic E-state index is 11.9. The lowest BCUT2D eigenvalue weighted by atomic mass is 10.2. The second kappa shape index (κ2) is 10.2. The van der Waals surface area contributed by atoms with Crippen LogP contribution in [0, 0.1) is 0 Å². The summed E-state index contributed by atoms with van der Waals surface area (Å²) in [6.45, 7) is 5.78. The van der Waals surface area contributed by atoms with Gasteiger partial charge in [-0.15, -0.1) is 0 Å². The summed E-state index contributed by atoms with van der Waals surface area (Å²) in [4.78, 5) is 13.4. The molecular weight excluding hydrogens is 270 g/mol. The van der Waals surface area contributed by atoms with Gasteiger partial charge in [0.15, 0.2) is 6.29 Å². The summed E-state index contributed by atoms with van der Waals surface area (Å²) < 4.78 is 16.0. The number of benzene rings is 1. The summed E-state index contributed by atoms with van der Waals surface area (Å²) in [7, 11) is 1.72. The molecule has 0 aliphatic carbocycles. The first-order valence-electron chi connectivity index (χ1n) is 7.32. The highest BCUT2D eigenvalue weighted by Gasteiger charge is 2.13. The topological polar surface area (TPSA) is 48.0 Å². The smallest absolute Gasteiger partial charge is 0.409 e. The number of carbonyl (C=O) groups is 1. The van der Waals surface area contributed by atoms with Crippen LogP contribution in [-0.4, -0.2) is 44.2 Å². The Labute approximate surface area is 126 Å². The second-order valence-electron chi connectivity index (χ2n) is 4.58. The van der Waals surface area contributed by atoms with E-state index in [0.717, 1.165) is 5.56 Å². The Kier molecular flexibility index (Phi) is 8.47. The molecule has 118 valence electrons. The first-order chi connectivity index (χ1) is 10.2. The summed E-state index contributed by atoms with van der Waals surface area (Å²) in [6.07, 6.45) is -0.120. The number of rotatable bonds is 9. The number of hydrogen-bond donors (Lipinski definition) is 0. The molecule has 0 heterocycles. The minimum absolute atomic E-state index is 0.280. The van der Waals surface area contributed by atoms with Crippen LogP contribution in [0.15, 0.2) is 30.3 Å². The summed E-state index contributed by atoms with van der Waals surface area (Å²) in [6, 6.07) is 9.80. The van der Waals surface area contributed by atoms with Crippen LogP contribution in [0.3, 0.4) is 0 Å². The van der Waals surface area contributed by atoms with Crippen LogP contribution in [-0.2, 0) is 20.8 Å². The second-order valence-corrected chi connectivity index (χ2v) is 4.58. The molecule has 0 spiro atoms. The molecule has 0 unspecified atom stereocenters. The first kappa shape index (κ1) is 17.5. The molecule has 0 aromatic heterocycles. The summed E-state index contributed by atoms with van der Waals surface area (Å²) in [5.41, 5.74) is 1.07. The van der Waals surface area contributed by atoms with Crippen LogP contribution < -0.4 is 0 Å². The van der Waals surface area contributed by atoms with Gasteiger partial charge in [-0.25, -0.2) is 4.79 Å². The Morgan fingerprint density at radius 3 is 2.33 bits per heavy atom. The molecule has 0 saturated carbocycles. The molecule has 1 aromatic rings. The van der Waals surface area contributed by atoms with Crippen molar-refractivity contribution < 1.29 is 19.0 Å². The zero-order chi connectivity index (χ0) is 15.5. The Bertz CT molecular complexity index is 391. The lowest BCUT2D eigenvalue weighted by molar-refractivity contribution is -0.144. The highest BCUT2D eigenvalue weighted by molar-refractivity contribution is 5.67. The molecular formula is C16H25NO4. The van der Waals surface area contributed by atoms with Crippen LogP contribution in [0.5, 0.6) is 0 Å². The van der Waals surface area contributed by atoms with Crippen molar-refractivity contribution in [3.05, 3.63) is 35.9 Å². The Morgan fingerprint density at radius 1 is 1.14 bits per heavy atom. The van der Waals surface area contributed by atoms with E-state index in [-0.39, 0.29) is 19.0 Å². The van der Waals surface area contributed by atoms with Gasteiger partial charge in [-0.3, -0.25) is 0 Å². The number of amides is 1. The third-order valence-electron chi connectivity index (χ3n) is 2.86. The van der Waals surface area contributed by atoms with E-state index in [1.807, 2.05) is 44.2 Å². The van der Waals surface area contributed by atoms with Crippen LogP contribution in [0.4, 0.5) is 4.79 Å². The van der Waals surface area contributed by atoms with Crippen molar-refractivity contribution in [2.45, 2.75) is 33.1 Å². The average Bonchev–Trinajstić information content (AvgIpc) is 2.48. The molecule has 21 heavy (non-hydrogen) atoms. The Balaban J connectivity index is 2.29. The normalized spacial score (nSPS) is 10.7. The maximum atomic E-state index is 11.9. The SMILES string of the molecule is CCOC(CCOC(=O)N(C)Cc1ccccc1)OCC. The van der Waals surface area contributed by atoms with Gasteiger partial charge in [0.2, 0.25) is 0 Å². The fourth-order valence-electron chi connectivity index (χ4n) is 1.86. The molecule has 0 N–H and O–H groups in total. The highest BCUT2D eigenvalue weighted by Crippen LogP contribution is 2.06. The maximum Gasteiger partial charge on any atom is 0.409 e. The van der Waals surface area contributed by atoms with Gasteiger partial charge in [0.25, 0.3) is 0 Å². The van der Waals surface area contributed by atoms with E-state index in [1.54, 1.807) is 11.9 Å². The fraction of sp³-hybridized carbons (Fsp3) is 0.562. The van der Waals surface area contributed by atoms with E-state index in [2.05, 4.69) is 0 Å². The van der Waals surface area contributed by atoms with Crippen LogP contribution in [0.25, 0.3) is 0 Å². The number of nitrogens with zero attached hydrogens (tertiary/aromatic N) is 1. The van der Waals surface area contributed by atoms with Gasteiger partial charge in [0.05, 0.1) is 6.61 Å². The largest absolute Gasteiger partial charge is 0.449 e. The van der Waals surface area contributed by atoms with Crippen molar-refractivity contribution in [3.8, 4) is 0 Å². The third kappa shape index (κ3) is 7.11. The van der Waals surface area contributed by atoms with Crippen molar-refractivity contribution in [2.24, 2.45) is 0 Å². The Morgan fingerprint density at radius 2 is 1.76 bits per heavy atom. The third-order valence-corrected chi connectivity index (χ3v) is 2.86. The van der Waals surface area contributed by atoms with Gasteiger partial charge in [0.1, 0.15) is 0 Å². The van der Waals surface area contributed by atoms with E-state index in [9.17, 15) is 4.79 Å². The van der Waals surface area contributed by atoms with Crippen molar-refractivity contribution >= 4 is 6.09 Å². The predicted molar refractivity (Wildman–Crippen MR) is 80.9 cm³/mol. The summed E-state index contributed by atoms with van der Waals surface area (Å²) in [5.74, 6) is 0. The molecule has 0 atom stereocenters. The van der Waals surface area contributed by atoms with Gasteiger partial charge in [0, 0.05) is 33.2 Å².